The molecule has 0 aromatic rings. The molecule has 2 heteroatoms. The summed E-state index contributed by atoms with van der Waals surface area (Å²) in [6, 6.07) is 0.717. The summed E-state index contributed by atoms with van der Waals surface area (Å²) in [5.74, 6) is 0. The maximum absolute atomic E-state index is 5.54. The zero-order valence-electron chi connectivity index (χ0n) is 16.4. The Labute approximate surface area is 147 Å². The van der Waals surface area contributed by atoms with Gasteiger partial charge in [0.2, 0.25) is 0 Å². The molecule has 0 saturated carbocycles. The molecule has 2 nitrogen and oxygen atoms in total. The van der Waals surface area contributed by atoms with Crippen molar-refractivity contribution < 1.29 is 0 Å². The smallest absolute Gasteiger partial charge is 0.00644 e. The van der Waals surface area contributed by atoms with Crippen LogP contribution in [0.1, 0.15) is 117 Å². The van der Waals surface area contributed by atoms with E-state index >= 15 is 0 Å². The highest BCUT2D eigenvalue weighted by Crippen LogP contribution is 2.13. The molecule has 0 amide bonds. The van der Waals surface area contributed by atoms with Crippen LogP contribution in [-0.4, -0.2) is 19.1 Å². The quantitative estimate of drug-likeness (QED) is 0.278. The molecule has 0 bridgehead atoms. The predicted molar refractivity (Wildman–Crippen MR) is 106 cm³/mol. The fourth-order valence-corrected chi connectivity index (χ4v) is 3.27. The number of rotatable bonds is 19. The molecule has 0 aliphatic rings. The Morgan fingerprint density at radius 1 is 0.652 bits per heavy atom. The van der Waals surface area contributed by atoms with Gasteiger partial charge in [-0.2, -0.15) is 0 Å². The Balaban J connectivity index is 3.17. The molecule has 1 atom stereocenters. The molecule has 140 valence electrons. The van der Waals surface area contributed by atoms with E-state index in [1.54, 1.807) is 0 Å². The molecule has 0 rings (SSSR count). The Kier molecular flexibility index (Phi) is 19.9. The van der Waals surface area contributed by atoms with E-state index in [0.29, 0.717) is 6.04 Å². The zero-order chi connectivity index (χ0) is 17.0. The summed E-state index contributed by atoms with van der Waals surface area (Å²) in [7, 11) is 0. The van der Waals surface area contributed by atoms with Crippen LogP contribution < -0.4 is 11.1 Å². The van der Waals surface area contributed by atoms with Crippen LogP contribution >= 0.6 is 0 Å². The van der Waals surface area contributed by atoms with Crippen molar-refractivity contribution in [2.45, 2.75) is 123 Å². The molecule has 0 spiro atoms. The number of nitrogens with one attached hydrogen (secondary N) is 1. The van der Waals surface area contributed by atoms with Crippen LogP contribution in [0.4, 0.5) is 0 Å². The van der Waals surface area contributed by atoms with Crippen molar-refractivity contribution in [3.05, 3.63) is 0 Å². The average molecular weight is 327 g/mol. The van der Waals surface area contributed by atoms with Gasteiger partial charge < -0.3 is 11.1 Å². The van der Waals surface area contributed by atoms with Crippen LogP contribution in [0.25, 0.3) is 0 Å². The third-order valence-corrected chi connectivity index (χ3v) is 4.96. The largest absolute Gasteiger partial charge is 0.330 e. The maximum atomic E-state index is 5.54. The molecule has 3 N–H and O–H groups in total. The molecule has 1 unspecified atom stereocenters. The minimum atomic E-state index is 0.717. The van der Waals surface area contributed by atoms with Gasteiger partial charge in [-0.15, -0.1) is 0 Å². The van der Waals surface area contributed by atoms with Gasteiger partial charge >= 0.3 is 0 Å². The van der Waals surface area contributed by atoms with E-state index in [1.807, 2.05) is 0 Å². The first kappa shape index (κ1) is 22.9. The predicted octanol–water partition coefficient (Wildman–Crippen LogP) is 6.18. The second kappa shape index (κ2) is 20.0. The summed E-state index contributed by atoms with van der Waals surface area (Å²) in [5.41, 5.74) is 5.54. The topological polar surface area (TPSA) is 38.0 Å². The summed E-state index contributed by atoms with van der Waals surface area (Å²) >= 11 is 0. The molecule has 0 aliphatic carbocycles. The van der Waals surface area contributed by atoms with E-state index in [2.05, 4.69) is 19.2 Å². The molecular weight excluding hydrogens is 280 g/mol. The summed E-state index contributed by atoms with van der Waals surface area (Å²) in [4.78, 5) is 0. The third-order valence-electron chi connectivity index (χ3n) is 4.96. The second-order valence-corrected chi connectivity index (χ2v) is 7.23. The zero-order valence-corrected chi connectivity index (χ0v) is 16.4. The fourth-order valence-electron chi connectivity index (χ4n) is 3.27. The highest BCUT2D eigenvalue weighted by molar-refractivity contribution is 4.65. The molecule has 0 heterocycles. The highest BCUT2D eigenvalue weighted by atomic mass is 14.9. The first-order valence-corrected chi connectivity index (χ1v) is 10.8. The van der Waals surface area contributed by atoms with E-state index in [-0.39, 0.29) is 0 Å². The summed E-state index contributed by atoms with van der Waals surface area (Å²) in [5, 5.41) is 3.63. The Morgan fingerprint density at radius 3 is 1.57 bits per heavy atom. The summed E-state index contributed by atoms with van der Waals surface area (Å²) < 4.78 is 0. The van der Waals surface area contributed by atoms with Gasteiger partial charge in [0.1, 0.15) is 0 Å². The van der Waals surface area contributed by atoms with Gasteiger partial charge in [0, 0.05) is 6.04 Å². The summed E-state index contributed by atoms with van der Waals surface area (Å²) in [6.07, 6.45) is 22.5. The first-order chi connectivity index (χ1) is 11.3. The number of hydrogen-bond acceptors (Lipinski definition) is 2. The Hall–Kier alpha value is -0.0800. The van der Waals surface area contributed by atoms with Crippen molar-refractivity contribution in [3.8, 4) is 0 Å². The normalized spacial score (nSPS) is 12.7. The van der Waals surface area contributed by atoms with Crippen LogP contribution in [0, 0.1) is 0 Å². The lowest BCUT2D eigenvalue weighted by Crippen LogP contribution is -2.30. The summed E-state index contributed by atoms with van der Waals surface area (Å²) in [6.45, 7) is 6.48. The fraction of sp³-hybridized carbons (Fsp3) is 1.00. The van der Waals surface area contributed by atoms with E-state index in [0.717, 1.165) is 19.5 Å². The lowest BCUT2D eigenvalue weighted by Gasteiger charge is -2.16. The Bertz CT molecular complexity index is 206. The van der Waals surface area contributed by atoms with Gasteiger partial charge in [-0.05, 0) is 32.4 Å². The third kappa shape index (κ3) is 18.1. The van der Waals surface area contributed by atoms with Crippen molar-refractivity contribution in [2.24, 2.45) is 5.73 Å². The van der Waals surface area contributed by atoms with Crippen LogP contribution in [0.2, 0.25) is 0 Å². The molecule has 0 radical (unpaired) electrons. The van der Waals surface area contributed by atoms with E-state index in [9.17, 15) is 0 Å². The van der Waals surface area contributed by atoms with Crippen LogP contribution in [0.3, 0.4) is 0 Å². The van der Waals surface area contributed by atoms with Crippen molar-refractivity contribution in [2.75, 3.05) is 13.1 Å². The van der Waals surface area contributed by atoms with Crippen molar-refractivity contribution in [1.82, 2.24) is 5.32 Å². The lowest BCUT2D eigenvalue weighted by molar-refractivity contribution is 0.439. The molecule has 0 aromatic carbocycles. The highest BCUT2D eigenvalue weighted by Gasteiger charge is 2.04. The van der Waals surface area contributed by atoms with Crippen molar-refractivity contribution >= 4 is 0 Å². The standard InChI is InChI=1S/C21H46N2/c1-3-5-6-7-8-9-10-11-12-13-14-15-16-18-21(4-2)23-20-17-19-22/h21,23H,3-20,22H2,1-2H3. The van der Waals surface area contributed by atoms with Gasteiger partial charge in [-0.3, -0.25) is 0 Å². The van der Waals surface area contributed by atoms with Gasteiger partial charge in [0.25, 0.3) is 0 Å². The second-order valence-electron chi connectivity index (χ2n) is 7.23. The molecule has 23 heavy (non-hydrogen) atoms. The lowest BCUT2D eigenvalue weighted by atomic mass is 10.0. The molecular formula is C21H46N2. The minimum Gasteiger partial charge on any atom is -0.330 e. The number of nitrogens with two attached hydrogens (primary N) is 1. The van der Waals surface area contributed by atoms with E-state index < -0.39 is 0 Å². The van der Waals surface area contributed by atoms with Gasteiger partial charge in [0.05, 0.1) is 0 Å². The monoisotopic (exact) mass is 326 g/mol. The maximum Gasteiger partial charge on any atom is 0.00644 e. The van der Waals surface area contributed by atoms with Gasteiger partial charge in [-0.1, -0.05) is 97.3 Å². The molecule has 0 aromatic heterocycles. The Morgan fingerprint density at radius 2 is 1.13 bits per heavy atom. The minimum absolute atomic E-state index is 0.717. The van der Waals surface area contributed by atoms with E-state index in [4.69, 9.17) is 5.73 Å². The van der Waals surface area contributed by atoms with Gasteiger partial charge in [0.15, 0.2) is 0 Å². The molecule has 0 fully saturated rings. The molecule has 0 saturated heterocycles. The number of hydrogen-bond donors (Lipinski definition) is 2. The van der Waals surface area contributed by atoms with Crippen molar-refractivity contribution in [1.29, 1.82) is 0 Å². The van der Waals surface area contributed by atoms with Gasteiger partial charge in [-0.25, -0.2) is 0 Å². The first-order valence-electron chi connectivity index (χ1n) is 10.8. The molecule has 0 aliphatic heterocycles. The van der Waals surface area contributed by atoms with Crippen LogP contribution in [-0.2, 0) is 0 Å². The average Bonchev–Trinajstić information content (AvgIpc) is 2.57. The van der Waals surface area contributed by atoms with Crippen LogP contribution in [0.15, 0.2) is 0 Å². The SMILES string of the molecule is CCCCCCCCCCCCCCCC(CC)NCCCN. The number of unbranched alkanes of at least 4 members (excludes halogenated alkanes) is 12. The van der Waals surface area contributed by atoms with Crippen LogP contribution in [0.5, 0.6) is 0 Å². The van der Waals surface area contributed by atoms with Crippen molar-refractivity contribution in [3.63, 3.8) is 0 Å². The van der Waals surface area contributed by atoms with E-state index in [1.165, 1.54) is 96.3 Å².